The zero-order valence-electron chi connectivity index (χ0n) is 9.90. The molecule has 0 heterocycles. The van der Waals surface area contributed by atoms with Gasteiger partial charge in [0.1, 0.15) is 5.75 Å². The first-order valence-corrected chi connectivity index (χ1v) is 5.97. The van der Waals surface area contributed by atoms with Crippen LogP contribution >= 0.6 is 0 Å². The summed E-state index contributed by atoms with van der Waals surface area (Å²) in [5, 5.41) is 9.03. The molecule has 3 saturated carbocycles. The Morgan fingerprint density at radius 1 is 1.41 bits per heavy atom. The summed E-state index contributed by atoms with van der Waals surface area (Å²) in [7, 11) is 0. The molecule has 3 aliphatic rings. The van der Waals surface area contributed by atoms with E-state index in [1.807, 2.05) is 31.2 Å². The van der Waals surface area contributed by atoms with E-state index in [4.69, 9.17) is 9.84 Å². The number of aryl methyl sites for hydroxylation is 1. The Labute approximate surface area is 100 Å². The summed E-state index contributed by atoms with van der Waals surface area (Å²) in [6, 6.07) is 7.97. The number of hydrogen-bond acceptors (Lipinski definition) is 2. The third kappa shape index (κ3) is 1.53. The summed E-state index contributed by atoms with van der Waals surface area (Å²) in [5.74, 6) is 0.258. The molecule has 1 aromatic carbocycles. The second kappa shape index (κ2) is 3.25. The van der Waals surface area contributed by atoms with Gasteiger partial charge in [0.2, 0.25) is 0 Å². The monoisotopic (exact) mass is 232 g/mol. The molecule has 0 aliphatic heterocycles. The minimum absolute atomic E-state index is 0.155. The highest BCUT2D eigenvalue weighted by molar-refractivity contribution is 5.79. The van der Waals surface area contributed by atoms with Gasteiger partial charge < -0.3 is 9.84 Å². The highest BCUT2D eigenvalue weighted by Crippen LogP contribution is 2.73. The average molecular weight is 232 g/mol. The van der Waals surface area contributed by atoms with Gasteiger partial charge in [-0.05, 0) is 43.9 Å². The second-order valence-corrected chi connectivity index (χ2v) is 5.72. The molecule has 0 aromatic heterocycles. The van der Waals surface area contributed by atoms with Crippen LogP contribution in [0.3, 0.4) is 0 Å². The van der Waals surface area contributed by atoms with Crippen molar-refractivity contribution in [3.8, 4) is 5.75 Å². The third-order valence-electron chi connectivity index (χ3n) is 4.13. The van der Waals surface area contributed by atoms with Gasteiger partial charge in [0, 0.05) is 5.41 Å². The average Bonchev–Trinajstić information content (AvgIpc) is 2.13. The van der Waals surface area contributed by atoms with Crippen molar-refractivity contribution in [1.82, 2.24) is 0 Å². The summed E-state index contributed by atoms with van der Waals surface area (Å²) >= 11 is 0. The normalized spacial score (nSPS) is 33.5. The molecule has 0 radical (unpaired) electrons. The van der Waals surface area contributed by atoms with E-state index in [1.165, 1.54) is 5.56 Å². The van der Waals surface area contributed by atoms with Crippen LogP contribution in [0, 0.1) is 17.8 Å². The molecule has 3 aliphatic carbocycles. The Morgan fingerprint density at radius 2 is 2.12 bits per heavy atom. The van der Waals surface area contributed by atoms with Crippen molar-refractivity contribution in [2.75, 3.05) is 6.61 Å². The van der Waals surface area contributed by atoms with Crippen LogP contribution in [0.25, 0.3) is 0 Å². The second-order valence-electron chi connectivity index (χ2n) is 5.72. The van der Waals surface area contributed by atoms with E-state index in [0.717, 1.165) is 25.0 Å². The van der Waals surface area contributed by atoms with Crippen molar-refractivity contribution in [2.24, 2.45) is 10.8 Å². The first kappa shape index (κ1) is 10.6. The lowest BCUT2D eigenvalue weighted by Crippen LogP contribution is -2.67. The predicted octanol–water partition coefficient (Wildman–Crippen LogP) is 2.63. The molecule has 0 saturated heterocycles. The number of carboxylic acids is 1. The van der Waals surface area contributed by atoms with Crippen LogP contribution in [0.15, 0.2) is 24.3 Å². The maximum Gasteiger partial charge on any atom is 0.309 e. The summed E-state index contributed by atoms with van der Waals surface area (Å²) < 4.78 is 5.76. The van der Waals surface area contributed by atoms with Crippen molar-refractivity contribution >= 4 is 5.97 Å². The Balaban J connectivity index is 1.56. The van der Waals surface area contributed by atoms with Crippen LogP contribution in [0.4, 0.5) is 0 Å². The van der Waals surface area contributed by atoms with Gasteiger partial charge in [0.15, 0.2) is 0 Å². The number of carbonyl (C=O) groups is 1. The van der Waals surface area contributed by atoms with Crippen molar-refractivity contribution < 1.29 is 14.6 Å². The molecule has 0 spiro atoms. The number of ether oxygens (including phenoxy) is 1. The highest BCUT2D eigenvalue weighted by atomic mass is 16.5. The molecular formula is C14H16O3. The Bertz CT molecular complexity index is 458. The van der Waals surface area contributed by atoms with Crippen molar-refractivity contribution in [1.29, 1.82) is 0 Å². The fourth-order valence-corrected chi connectivity index (χ4v) is 3.32. The standard InChI is InChI=1S/C14H16O3/c1-10-3-2-4-11(5-10)17-9-13-6-14(7-13,8-13)12(15)16/h2-5H,6-9H2,1H3,(H,15,16). The Morgan fingerprint density at radius 3 is 2.71 bits per heavy atom. The lowest BCUT2D eigenvalue weighted by atomic mass is 9.35. The van der Waals surface area contributed by atoms with Crippen molar-refractivity contribution in [3.63, 3.8) is 0 Å². The van der Waals surface area contributed by atoms with Crippen LogP contribution in [-0.4, -0.2) is 17.7 Å². The largest absolute Gasteiger partial charge is 0.493 e. The quantitative estimate of drug-likeness (QED) is 0.868. The fourth-order valence-electron chi connectivity index (χ4n) is 3.32. The number of aliphatic carboxylic acids is 1. The van der Waals surface area contributed by atoms with Gasteiger partial charge >= 0.3 is 5.97 Å². The van der Waals surface area contributed by atoms with Gasteiger partial charge in [-0.1, -0.05) is 12.1 Å². The van der Waals surface area contributed by atoms with Gasteiger partial charge in [-0.25, -0.2) is 0 Å². The van der Waals surface area contributed by atoms with Crippen LogP contribution in [-0.2, 0) is 4.79 Å². The third-order valence-corrected chi connectivity index (χ3v) is 4.13. The van der Waals surface area contributed by atoms with E-state index in [1.54, 1.807) is 0 Å². The van der Waals surface area contributed by atoms with E-state index in [0.29, 0.717) is 6.61 Å². The van der Waals surface area contributed by atoms with Crippen LogP contribution in [0.2, 0.25) is 0 Å². The lowest BCUT2D eigenvalue weighted by molar-refractivity contribution is -0.231. The molecule has 3 nitrogen and oxygen atoms in total. The SMILES string of the molecule is Cc1cccc(OCC23CC(C(=O)O)(C2)C3)c1. The zero-order chi connectivity index (χ0) is 12.1. The predicted molar refractivity (Wildman–Crippen MR) is 63.0 cm³/mol. The number of carboxylic acid groups (broad SMARTS) is 1. The van der Waals surface area contributed by atoms with Crippen molar-refractivity contribution in [2.45, 2.75) is 26.2 Å². The summed E-state index contributed by atoms with van der Waals surface area (Å²) in [5.41, 5.74) is 0.945. The van der Waals surface area contributed by atoms with Crippen LogP contribution in [0.5, 0.6) is 5.75 Å². The Hall–Kier alpha value is -1.51. The molecule has 1 N–H and O–H groups in total. The van der Waals surface area contributed by atoms with E-state index >= 15 is 0 Å². The minimum atomic E-state index is -0.630. The molecule has 0 amide bonds. The molecule has 90 valence electrons. The molecular weight excluding hydrogens is 216 g/mol. The van der Waals surface area contributed by atoms with E-state index in [-0.39, 0.29) is 5.41 Å². The Kier molecular flexibility index (Phi) is 2.03. The van der Waals surface area contributed by atoms with E-state index < -0.39 is 11.4 Å². The molecule has 3 heteroatoms. The molecule has 1 aromatic rings. The molecule has 2 bridgehead atoms. The number of hydrogen-bond donors (Lipinski definition) is 1. The molecule has 0 atom stereocenters. The zero-order valence-corrected chi connectivity index (χ0v) is 9.90. The maximum atomic E-state index is 11.0. The topological polar surface area (TPSA) is 46.5 Å². The van der Waals surface area contributed by atoms with Crippen molar-refractivity contribution in [3.05, 3.63) is 29.8 Å². The van der Waals surface area contributed by atoms with Gasteiger partial charge in [0.05, 0.1) is 12.0 Å². The molecule has 4 rings (SSSR count). The molecule has 0 unspecified atom stereocenters. The molecule has 17 heavy (non-hydrogen) atoms. The maximum absolute atomic E-state index is 11.0. The molecule has 3 fully saturated rings. The summed E-state index contributed by atoms with van der Waals surface area (Å²) in [4.78, 5) is 11.0. The van der Waals surface area contributed by atoms with E-state index in [2.05, 4.69) is 0 Å². The van der Waals surface area contributed by atoms with Gasteiger partial charge in [-0.15, -0.1) is 0 Å². The van der Waals surface area contributed by atoms with Crippen LogP contribution < -0.4 is 4.74 Å². The van der Waals surface area contributed by atoms with Gasteiger partial charge in [-0.3, -0.25) is 4.79 Å². The summed E-state index contributed by atoms with van der Waals surface area (Å²) in [6.45, 7) is 2.69. The van der Waals surface area contributed by atoms with Gasteiger partial charge in [-0.2, -0.15) is 0 Å². The smallest absolute Gasteiger partial charge is 0.309 e. The highest BCUT2D eigenvalue weighted by Gasteiger charge is 2.72. The van der Waals surface area contributed by atoms with Gasteiger partial charge in [0.25, 0.3) is 0 Å². The van der Waals surface area contributed by atoms with E-state index in [9.17, 15) is 4.79 Å². The first-order chi connectivity index (χ1) is 8.04. The van der Waals surface area contributed by atoms with Crippen LogP contribution in [0.1, 0.15) is 24.8 Å². The first-order valence-electron chi connectivity index (χ1n) is 5.97. The number of benzene rings is 1. The summed E-state index contributed by atoms with van der Waals surface area (Å²) in [6.07, 6.45) is 2.38. The number of rotatable bonds is 4. The minimum Gasteiger partial charge on any atom is -0.493 e. The lowest BCUT2D eigenvalue weighted by Gasteiger charge is -2.67. The fraction of sp³-hybridized carbons (Fsp3) is 0.500.